The minimum absolute atomic E-state index is 0.265. The molecular weight excluding hydrogens is 226 g/mol. The Morgan fingerprint density at radius 2 is 1.76 bits per heavy atom. The van der Waals surface area contributed by atoms with Crippen LogP contribution in [0.25, 0.3) is 0 Å². The van der Waals surface area contributed by atoms with E-state index in [1.807, 2.05) is 0 Å². The molecule has 0 aliphatic rings. The van der Waals surface area contributed by atoms with Gasteiger partial charge in [-0.05, 0) is 29.3 Å². The standard InChI is InChI=1S/C15H19NS/c1-3-11(2)12-6-8-13(9-7-12)15(16)14-5-4-10-17-14/h4-11,15H,3,16H2,1-2H3/p+1/t11-,15+/m0/s1. The lowest BCUT2D eigenvalue weighted by Gasteiger charge is -2.11. The second kappa shape index (κ2) is 5.48. The molecule has 0 radical (unpaired) electrons. The van der Waals surface area contributed by atoms with E-state index in [1.165, 1.54) is 22.4 Å². The molecule has 1 aromatic carbocycles. The number of rotatable bonds is 4. The fourth-order valence-corrected chi connectivity index (χ4v) is 2.72. The third-order valence-corrected chi connectivity index (χ3v) is 4.39. The maximum absolute atomic E-state index is 4.26. The summed E-state index contributed by atoms with van der Waals surface area (Å²) in [5.41, 5.74) is 6.99. The van der Waals surface area contributed by atoms with Crippen LogP contribution in [0, 0.1) is 0 Å². The first kappa shape index (κ1) is 12.3. The van der Waals surface area contributed by atoms with Crippen LogP contribution in [-0.2, 0) is 0 Å². The van der Waals surface area contributed by atoms with Crippen LogP contribution in [0.3, 0.4) is 0 Å². The Labute approximate surface area is 107 Å². The Kier molecular flexibility index (Phi) is 3.97. The van der Waals surface area contributed by atoms with Crippen molar-refractivity contribution in [2.24, 2.45) is 0 Å². The van der Waals surface area contributed by atoms with E-state index in [4.69, 9.17) is 0 Å². The lowest BCUT2D eigenvalue weighted by molar-refractivity contribution is -0.410. The number of thiophene rings is 1. The highest BCUT2D eigenvalue weighted by Gasteiger charge is 2.13. The van der Waals surface area contributed by atoms with Crippen molar-refractivity contribution in [1.29, 1.82) is 0 Å². The number of benzene rings is 1. The second-order valence-electron chi connectivity index (χ2n) is 4.54. The van der Waals surface area contributed by atoms with Gasteiger partial charge in [0, 0.05) is 5.56 Å². The average Bonchev–Trinajstić information content (AvgIpc) is 2.91. The van der Waals surface area contributed by atoms with Crippen molar-refractivity contribution in [2.45, 2.75) is 32.2 Å². The largest absolute Gasteiger partial charge is 0.347 e. The zero-order valence-electron chi connectivity index (χ0n) is 10.5. The van der Waals surface area contributed by atoms with E-state index in [0.717, 1.165) is 0 Å². The summed E-state index contributed by atoms with van der Waals surface area (Å²) in [5.74, 6) is 0.647. The first-order valence-electron chi connectivity index (χ1n) is 6.18. The van der Waals surface area contributed by atoms with Crippen molar-refractivity contribution >= 4 is 11.3 Å². The molecule has 0 fully saturated rings. The van der Waals surface area contributed by atoms with Gasteiger partial charge in [-0.1, -0.05) is 44.2 Å². The highest BCUT2D eigenvalue weighted by molar-refractivity contribution is 7.10. The molecule has 1 heterocycles. The molecule has 0 saturated carbocycles. The molecule has 0 spiro atoms. The van der Waals surface area contributed by atoms with Crippen LogP contribution < -0.4 is 5.73 Å². The third-order valence-electron chi connectivity index (χ3n) is 3.41. The molecule has 1 aromatic heterocycles. The molecule has 1 nitrogen and oxygen atoms in total. The normalized spacial score (nSPS) is 14.5. The molecule has 17 heavy (non-hydrogen) atoms. The van der Waals surface area contributed by atoms with Crippen molar-refractivity contribution in [2.75, 3.05) is 0 Å². The molecule has 0 aliphatic heterocycles. The number of hydrogen-bond acceptors (Lipinski definition) is 1. The SMILES string of the molecule is CC[C@H](C)c1ccc([C@@H]([NH3+])c2cccs2)cc1. The van der Waals surface area contributed by atoms with Crippen molar-refractivity contribution in [1.82, 2.24) is 0 Å². The van der Waals surface area contributed by atoms with E-state index < -0.39 is 0 Å². The lowest BCUT2D eigenvalue weighted by atomic mass is 9.96. The molecule has 90 valence electrons. The van der Waals surface area contributed by atoms with E-state index in [2.05, 4.69) is 61.4 Å². The summed E-state index contributed by atoms with van der Waals surface area (Å²) >= 11 is 1.78. The van der Waals surface area contributed by atoms with E-state index in [1.54, 1.807) is 11.3 Å². The summed E-state index contributed by atoms with van der Waals surface area (Å²) in [4.78, 5) is 1.33. The van der Waals surface area contributed by atoms with Gasteiger partial charge in [-0.15, -0.1) is 11.3 Å². The molecule has 0 unspecified atom stereocenters. The predicted molar refractivity (Wildman–Crippen MR) is 74.2 cm³/mol. The average molecular weight is 246 g/mol. The Hall–Kier alpha value is -1.12. The van der Waals surface area contributed by atoms with Crippen molar-refractivity contribution in [3.63, 3.8) is 0 Å². The minimum Gasteiger partial charge on any atom is -0.347 e. The molecular formula is C15H20NS+. The molecule has 0 aliphatic carbocycles. The highest BCUT2D eigenvalue weighted by atomic mass is 32.1. The van der Waals surface area contributed by atoms with Gasteiger partial charge in [0.05, 0.1) is 4.88 Å². The van der Waals surface area contributed by atoms with Gasteiger partial charge in [-0.2, -0.15) is 0 Å². The monoisotopic (exact) mass is 246 g/mol. The third kappa shape index (κ3) is 2.76. The molecule has 0 bridgehead atoms. The molecule has 2 heteroatoms. The van der Waals surface area contributed by atoms with Crippen LogP contribution in [0.15, 0.2) is 41.8 Å². The molecule has 0 saturated heterocycles. The zero-order valence-corrected chi connectivity index (χ0v) is 11.3. The van der Waals surface area contributed by atoms with Crippen LogP contribution in [0.1, 0.15) is 48.2 Å². The fraction of sp³-hybridized carbons (Fsp3) is 0.333. The van der Waals surface area contributed by atoms with Gasteiger partial charge < -0.3 is 5.73 Å². The van der Waals surface area contributed by atoms with Crippen molar-refractivity contribution in [3.8, 4) is 0 Å². The Morgan fingerprint density at radius 1 is 1.12 bits per heavy atom. The molecule has 2 atom stereocenters. The van der Waals surface area contributed by atoms with E-state index >= 15 is 0 Å². The minimum atomic E-state index is 0.265. The Morgan fingerprint density at radius 3 is 2.29 bits per heavy atom. The summed E-state index contributed by atoms with van der Waals surface area (Å²) in [5, 5.41) is 2.11. The summed E-state index contributed by atoms with van der Waals surface area (Å²) in [6.45, 7) is 4.50. The summed E-state index contributed by atoms with van der Waals surface area (Å²) in [7, 11) is 0. The van der Waals surface area contributed by atoms with Crippen molar-refractivity contribution < 1.29 is 5.73 Å². The van der Waals surface area contributed by atoms with Crippen LogP contribution in [0.5, 0.6) is 0 Å². The van der Waals surface area contributed by atoms with Crippen LogP contribution in [0.4, 0.5) is 0 Å². The molecule has 2 rings (SSSR count). The maximum atomic E-state index is 4.26. The number of hydrogen-bond donors (Lipinski definition) is 1. The van der Waals surface area contributed by atoms with Gasteiger partial charge in [0.15, 0.2) is 0 Å². The van der Waals surface area contributed by atoms with Gasteiger partial charge in [0.1, 0.15) is 6.04 Å². The zero-order chi connectivity index (χ0) is 12.3. The highest BCUT2D eigenvalue weighted by Crippen LogP contribution is 2.24. The Balaban J connectivity index is 2.18. The molecule has 3 N–H and O–H groups in total. The summed E-state index contributed by atoms with van der Waals surface area (Å²) < 4.78 is 0. The second-order valence-corrected chi connectivity index (χ2v) is 5.52. The Bertz CT molecular complexity index is 444. The smallest absolute Gasteiger partial charge is 0.145 e. The first-order valence-corrected chi connectivity index (χ1v) is 7.06. The van der Waals surface area contributed by atoms with Gasteiger partial charge in [0.2, 0.25) is 0 Å². The number of quaternary nitrogens is 1. The topological polar surface area (TPSA) is 27.6 Å². The molecule has 0 amide bonds. The predicted octanol–water partition coefficient (Wildman–Crippen LogP) is 3.59. The van der Waals surface area contributed by atoms with Gasteiger partial charge in [-0.25, -0.2) is 0 Å². The quantitative estimate of drug-likeness (QED) is 0.854. The van der Waals surface area contributed by atoms with E-state index in [0.29, 0.717) is 5.92 Å². The van der Waals surface area contributed by atoms with Crippen LogP contribution >= 0.6 is 11.3 Å². The van der Waals surface area contributed by atoms with Crippen molar-refractivity contribution in [3.05, 3.63) is 57.8 Å². The van der Waals surface area contributed by atoms with Crippen LogP contribution in [-0.4, -0.2) is 0 Å². The first-order chi connectivity index (χ1) is 8.22. The van der Waals surface area contributed by atoms with E-state index in [9.17, 15) is 0 Å². The van der Waals surface area contributed by atoms with Gasteiger partial charge in [-0.3, -0.25) is 0 Å². The van der Waals surface area contributed by atoms with Crippen LogP contribution in [0.2, 0.25) is 0 Å². The van der Waals surface area contributed by atoms with Gasteiger partial charge >= 0.3 is 0 Å². The lowest BCUT2D eigenvalue weighted by Crippen LogP contribution is -2.53. The fourth-order valence-electron chi connectivity index (χ4n) is 1.95. The summed E-state index contributed by atoms with van der Waals surface area (Å²) in [6, 6.07) is 13.4. The maximum Gasteiger partial charge on any atom is 0.145 e. The van der Waals surface area contributed by atoms with Gasteiger partial charge in [0.25, 0.3) is 0 Å². The summed E-state index contributed by atoms with van der Waals surface area (Å²) in [6.07, 6.45) is 1.19. The molecule has 2 aromatic rings. The van der Waals surface area contributed by atoms with E-state index in [-0.39, 0.29) is 6.04 Å².